The van der Waals surface area contributed by atoms with Gasteiger partial charge in [-0.3, -0.25) is 0 Å². The molecule has 284 valence electrons. The van der Waals surface area contributed by atoms with Gasteiger partial charge in [0.25, 0.3) is 0 Å². The zero-order chi connectivity index (χ0) is 38.3. The average molecular weight is 699 g/mol. The number of aliphatic hydroxyl groups is 15. The Morgan fingerprint density at radius 2 is 0.596 bits per heavy atom. The molecule has 0 aliphatic rings. The van der Waals surface area contributed by atoms with Gasteiger partial charge in [0.05, 0.1) is 121 Å². The van der Waals surface area contributed by atoms with Crippen molar-refractivity contribution in [1.29, 1.82) is 0 Å². The van der Waals surface area contributed by atoms with E-state index >= 15 is 0 Å². The first-order valence-electron chi connectivity index (χ1n) is 13.7. The van der Waals surface area contributed by atoms with Gasteiger partial charge in [0, 0.05) is 11.1 Å². The molecule has 0 rings (SSSR count). The van der Waals surface area contributed by atoms with E-state index in [1.165, 1.54) is 13.8 Å². The second kappa shape index (κ2) is 31.1. The highest BCUT2D eigenvalue weighted by atomic mass is 16.5. The fourth-order valence-electron chi connectivity index (χ4n) is 1.53. The predicted molar refractivity (Wildman–Crippen MR) is 164 cm³/mol. The van der Waals surface area contributed by atoms with Crippen molar-refractivity contribution in [3.05, 3.63) is 24.3 Å². The smallest absolute Gasteiger partial charge is 0.333 e. The molecule has 0 aliphatic carbocycles. The van der Waals surface area contributed by atoms with Crippen LogP contribution in [0.3, 0.4) is 0 Å². The number of hydrogen-bond donors (Lipinski definition) is 16. The molecular weight excluding hydrogens is 640 g/mol. The van der Waals surface area contributed by atoms with Gasteiger partial charge in [0.2, 0.25) is 0 Å². The third-order valence-electron chi connectivity index (χ3n) is 6.25. The number of rotatable bonds is 19. The van der Waals surface area contributed by atoms with Gasteiger partial charge in [-0.25, -0.2) is 9.59 Å². The third kappa shape index (κ3) is 23.7. The summed E-state index contributed by atoms with van der Waals surface area (Å²) in [6.07, 6.45) is 0. The van der Waals surface area contributed by atoms with Crippen LogP contribution in [0.5, 0.6) is 0 Å². The SMILES string of the molecule is C=C(C)C(=O)O.C=C(C)C(=O)OCC(CO)(CO)CO.OCC(CO)(CO)CO.OCC(CO)(CO)CO.OCC(CO)(CO)CO. The lowest BCUT2D eigenvalue weighted by Crippen LogP contribution is -2.39. The monoisotopic (exact) mass is 698 g/mol. The maximum atomic E-state index is 11.0. The maximum absolute atomic E-state index is 11.0. The van der Waals surface area contributed by atoms with Crippen LogP contribution in [0.2, 0.25) is 0 Å². The van der Waals surface area contributed by atoms with Crippen molar-refractivity contribution in [2.75, 3.05) is 106 Å². The zero-order valence-electron chi connectivity index (χ0n) is 27.1. The van der Waals surface area contributed by atoms with Crippen molar-refractivity contribution in [1.82, 2.24) is 0 Å². The molecule has 0 atom stereocenters. The highest BCUT2D eigenvalue weighted by Gasteiger charge is 2.30. The summed E-state index contributed by atoms with van der Waals surface area (Å²) < 4.78 is 4.72. The fraction of sp³-hybridized carbons (Fsp3) is 0.786. The molecule has 0 heterocycles. The Labute approximate surface area is 273 Å². The van der Waals surface area contributed by atoms with Gasteiger partial charge in [0.1, 0.15) is 6.61 Å². The number of aliphatic carboxylic acids is 1. The van der Waals surface area contributed by atoms with Gasteiger partial charge in [-0.2, -0.15) is 0 Å². The highest BCUT2D eigenvalue weighted by molar-refractivity contribution is 5.87. The first kappa shape index (κ1) is 54.3. The minimum atomic E-state index is -1.18. The van der Waals surface area contributed by atoms with Crippen molar-refractivity contribution in [2.24, 2.45) is 21.7 Å². The van der Waals surface area contributed by atoms with Gasteiger partial charge in [-0.05, 0) is 13.8 Å². The molecule has 0 saturated heterocycles. The second-order valence-electron chi connectivity index (χ2n) is 10.8. The molecule has 0 unspecified atom stereocenters. The van der Waals surface area contributed by atoms with E-state index < -0.39 is 133 Å². The van der Waals surface area contributed by atoms with Crippen molar-refractivity contribution >= 4 is 11.9 Å². The summed E-state index contributed by atoms with van der Waals surface area (Å²) in [5.74, 6) is -1.54. The summed E-state index contributed by atoms with van der Waals surface area (Å²) >= 11 is 0. The second-order valence-corrected chi connectivity index (χ2v) is 10.8. The maximum Gasteiger partial charge on any atom is 0.333 e. The molecule has 0 saturated carbocycles. The molecule has 0 aliphatic heterocycles. The minimum absolute atomic E-state index is 0.176. The minimum Gasteiger partial charge on any atom is -0.478 e. The van der Waals surface area contributed by atoms with Crippen molar-refractivity contribution < 1.29 is 96.0 Å². The summed E-state index contributed by atoms with van der Waals surface area (Å²) in [7, 11) is 0. The Balaban J connectivity index is -0.000000161. The largest absolute Gasteiger partial charge is 0.478 e. The molecule has 0 radical (unpaired) electrons. The third-order valence-corrected chi connectivity index (χ3v) is 6.25. The van der Waals surface area contributed by atoms with E-state index in [0.717, 1.165) is 0 Å². The van der Waals surface area contributed by atoms with Gasteiger partial charge in [-0.15, -0.1) is 0 Å². The van der Waals surface area contributed by atoms with Gasteiger partial charge in [-0.1, -0.05) is 13.2 Å². The lowest BCUT2D eigenvalue weighted by Gasteiger charge is -2.26. The molecule has 0 fully saturated rings. The molecule has 47 heavy (non-hydrogen) atoms. The van der Waals surface area contributed by atoms with E-state index in [4.69, 9.17) is 86.4 Å². The van der Waals surface area contributed by atoms with E-state index in [2.05, 4.69) is 13.2 Å². The van der Waals surface area contributed by atoms with Crippen LogP contribution in [0.15, 0.2) is 24.3 Å². The van der Waals surface area contributed by atoms with E-state index in [1.807, 2.05) is 0 Å². The van der Waals surface area contributed by atoms with E-state index in [0.29, 0.717) is 0 Å². The van der Waals surface area contributed by atoms with Crippen LogP contribution in [0.1, 0.15) is 13.8 Å². The number of carboxylic acids is 1. The quantitative estimate of drug-likeness (QED) is 0.0440. The molecule has 16 N–H and O–H groups in total. The van der Waals surface area contributed by atoms with Crippen molar-refractivity contribution in [3.63, 3.8) is 0 Å². The van der Waals surface area contributed by atoms with Crippen LogP contribution >= 0.6 is 0 Å². The van der Waals surface area contributed by atoms with Crippen LogP contribution in [-0.4, -0.2) is 199 Å². The van der Waals surface area contributed by atoms with Gasteiger partial charge >= 0.3 is 11.9 Å². The van der Waals surface area contributed by atoms with Crippen LogP contribution in [0, 0.1) is 21.7 Å². The van der Waals surface area contributed by atoms with Gasteiger partial charge in [0.15, 0.2) is 0 Å². The van der Waals surface area contributed by atoms with Crippen molar-refractivity contribution in [3.8, 4) is 0 Å². The first-order chi connectivity index (χ1) is 21.9. The summed E-state index contributed by atoms with van der Waals surface area (Å²) in [4.78, 5) is 20.6. The van der Waals surface area contributed by atoms with Crippen LogP contribution in [-0.2, 0) is 14.3 Å². The number of hydrogen-bond acceptors (Lipinski definition) is 18. The van der Waals surface area contributed by atoms with Crippen molar-refractivity contribution in [2.45, 2.75) is 13.8 Å². The summed E-state index contributed by atoms with van der Waals surface area (Å²) in [6.45, 7) is 2.99. The standard InChI is InChI=1S/C9H16O5.3C5H12O4.C4H6O2/c1-7(2)8(13)14-6-9(3-10,4-11)5-12;3*6-1-5(2-7,3-8)4-9;1-3(2)4(5)6/h10-12H,1,3-6H2,2H3;3*6-9H,1-4H2;1H2,2H3,(H,5,6). The summed E-state index contributed by atoms with van der Waals surface area (Å²) in [6, 6.07) is 0. The highest BCUT2D eigenvalue weighted by Crippen LogP contribution is 2.16. The number of carbonyl (C=O) groups is 2. The van der Waals surface area contributed by atoms with Crippen LogP contribution in [0.4, 0.5) is 0 Å². The fourth-order valence-corrected chi connectivity index (χ4v) is 1.53. The molecule has 0 aromatic heterocycles. The van der Waals surface area contributed by atoms with Gasteiger partial charge < -0.3 is 86.4 Å². The Morgan fingerprint density at radius 1 is 0.426 bits per heavy atom. The lowest BCUT2D eigenvalue weighted by molar-refractivity contribution is -0.146. The van der Waals surface area contributed by atoms with E-state index in [9.17, 15) is 9.59 Å². The van der Waals surface area contributed by atoms with E-state index in [-0.39, 0.29) is 17.8 Å². The molecule has 19 nitrogen and oxygen atoms in total. The lowest BCUT2D eigenvalue weighted by atomic mass is 9.93. The number of carboxylic acid groups (broad SMARTS) is 1. The van der Waals surface area contributed by atoms with Crippen LogP contribution in [0.25, 0.3) is 0 Å². The molecule has 0 spiro atoms. The summed E-state index contributed by atoms with van der Waals surface area (Å²) in [5.41, 5.74) is -4.10. The van der Waals surface area contributed by atoms with E-state index in [1.54, 1.807) is 0 Å². The predicted octanol–water partition coefficient (Wildman–Crippen LogP) is -6.46. The zero-order valence-corrected chi connectivity index (χ0v) is 27.1. The number of carbonyl (C=O) groups excluding carboxylic acids is 1. The topological polar surface area (TPSA) is 367 Å². The number of aliphatic hydroxyl groups excluding tert-OH is 15. The molecule has 19 heteroatoms. The molecule has 0 aromatic rings. The summed E-state index contributed by atoms with van der Waals surface area (Å²) in [5, 5.41) is 137. The molecular formula is C28H58O19. The van der Waals surface area contributed by atoms with Crippen LogP contribution < -0.4 is 0 Å². The average Bonchev–Trinajstić information content (AvgIpc) is 3.10. The number of ether oxygens (including phenoxy) is 1. The normalized spacial score (nSPS) is 11.2. The molecule has 0 bridgehead atoms. The number of esters is 1. The molecule has 0 amide bonds. The first-order valence-corrected chi connectivity index (χ1v) is 13.7. The Morgan fingerprint density at radius 3 is 0.681 bits per heavy atom. The Kier molecular flexibility index (Phi) is 35.9. The Bertz CT molecular complexity index is 668. The Hall–Kier alpha value is -2.18. The molecule has 0 aromatic carbocycles.